The number of carbonyl (C=O) groups excluding carboxylic acids is 3. The Morgan fingerprint density at radius 2 is 0.613 bits per heavy atom. The predicted octanol–water partition coefficient (Wildman–Crippen LogP) is 11.3. The number of esters is 3. The maximum Gasteiger partial charge on any atom is 0.353 e. The molecule has 0 aliphatic heterocycles. The van der Waals surface area contributed by atoms with Crippen molar-refractivity contribution in [2.75, 3.05) is 95.0 Å². The molecule has 5 aliphatic rings. The molecule has 0 atom stereocenters. The van der Waals surface area contributed by atoms with Gasteiger partial charge in [-0.05, 0) is 226 Å². The number of pyridine rings is 5. The number of rotatable bonds is 11. The molecule has 25 nitrogen and oxygen atoms in total. The molecule has 5 heterocycles. The highest BCUT2D eigenvalue weighted by molar-refractivity contribution is 6.03. The maximum atomic E-state index is 13.8. The van der Waals surface area contributed by atoms with Crippen molar-refractivity contribution >= 4 is 58.3 Å². The van der Waals surface area contributed by atoms with Gasteiger partial charge in [0, 0.05) is 138 Å². The fourth-order valence-corrected chi connectivity index (χ4v) is 15.5. The van der Waals surface area contributed by atoms with E-state index in [-0.39, 0.29) is 16.7 Å². The Kier molecular flexibility index (Phi) is 21.6. The smallest absolute Gasteiger partial charge is 0.353 e. The molecule has 15 rings (SSSR count). The molecule has 5 aromatic carbocycles. The van der Waals surface area contributed by atoms with Crippen molar-refractivity contribution in [3.63, 3.8) is 0 Å². The van der Waals surface area contributed by atoms with E-state index in [0.29, 0.717) is 84.4 Å². The lowest BCUT2D eigenvalue weighted by atomic mass is 9.88. The number of fused-ring (bicyclic) bond motifs is 15. The summed E-state index contributed by atoms with van der Waals surface area (Å²) < 4.78 is 10.8. The number of aromatic amines is 5. The summed E-state index contributed by atoms with van der Waals surface area (Å²) in [6.07, 6.45) is 11.6. The molecule has 25 heteroatoms. The van der Waals surface area contributed by atoms with Crippen LogP contribution >= 0.6 is 0 Å². The zero-order chi connectivity index (χ0) is 79.1. The van der Waals surface area contributed by atoms with Crippen LogP contribution in [0.2, 0.25) is 0 Å². The number of carboxylic acid groups (broad SMARTS) is 2. The number of benzene rings is 5. The number of anilines is 5. The molecule has 0 fully saturated rings. The molecule has 5 aliphatic carbocycles. The molecule has 0 amide bonds. The summed E-state index contributed by atoms with van der Waals surface area (Å²) in [6.45, 7) is 0. The summed E-state index contributed by atoms with van der Waals surface area (Å²) >= 11 is 0. The fraction of sp³-hybridized carbons (Fsp3) is 0.302. The Morgan fingerprint density at radius 3 is 1.02 bits per heavy atom. The number of aromatic nitrogens is 5. The van der Waals surface area contributed by atoms with Gasteiger partial charge in [-0.1, -0.05) is 30.3 Å². The Balaban J connectivity index is 0.000000155. The minimum absolute atomic E-state index is 0.188. The minimum atomic E-state index is -1.58. The lowest BCUT2D eigenvalue weighted by Gasteiger charge is -2.22. The second-order valence-corrected chi connectivity index (χ2v) is 29.8. The molecule has 0 radical (unpaired) electrons. The number of nitrogens with one attached hydrogen (secondary N) is 5. The third-order valence-corrected chi connectivity index (χ3v) is 21.5. The van der Waals surface area contributed by atoms with E-state index < -0.39 is 80.3 Å². The van der Waals surface area contributed by atoms with Crippen LogP contribution in [0.25, 0.3) is 56.3 Å². The van der Waals surface area contributed by atoms with Crippen molar-refractivity contribution in [3.05, 3.63) is 244 Å². The number of carbonyl (C=O) groups is 5. The van der Waals surface area contributed by atoms with E-state index in [1.807, 2.05) is 168 Å². The first-order chi connectivity index (χ1) is 53.0. The molecule has 8 N–H and O–H groups in total. The van der Waals surface area contributed by atoms with E-state index in [2.05, 4.69) is 43.1 Å². The number of carboxylic acids is 2. The minimum Gasteiger partial charge on any atom is -0.506 e. The van der Waals surface area contributed by atoms with Gasteiger partial charge < -0.3 is 74.2 Å². The average molecular weight is 1500 g/mol. The molecule has 0 saturated carbocycles. The topological polar surface area (TPSA) is 345 Å². The van der Waals surface area contributed by atoms with Crippen LogP contribution in [0.3, 0.4) is 0 Å². The van der Waals surface area contributed by atoms with E-state index in [1.165, 1.54) is 23.8 Å². The molecule has 10 aromatic rings. The summed E-state index contributed by atoms with van der Waals surface area (Å²) in [5.41, 5.74) is 15.3. The van der Waals surface area contributed by atoms with Crippen molar-refractivity contribution in [1.29, 1.82) is 0 Å². The first-order valence-electron chi connectivity index (χ1n) is 37.1. The van der Waals surface area contributed by atoms with Gasteiger partial charge in [0.1, 0.15) is 22.4 Å². The quantitative estimate of drug-likeness (QED) is 0.0440. The van der Waals surface area contributed by atoms with Crippen LogP contribution in [0, 0.1) is 0 Å². The number of aromatic hydroxyl groups is 1. The number of nitrogens with zero attached hydrogens (tertiary/aromatic N) is 5. The van der Waals surface area contributed by atoms with E-state index >= 15 is 0 Å². The van der Waals surface area contributed by atoms with E-state index in [0.717, 1.165) is 153 Å². The zero-order valence-electron chi connectivity index (χ0n) is 63.7. The van der Waals surface area contributed by atoms with Gasteiger partial charge in [0.15, 0.2) is 16.9 Å². The van der Waals surface area contributed by atoms with Gasteiger partial charge in [-0.3, -0.25) is 24.0 Å². The molecular formula is C86H88N10O15. The van der Waals surface area contributed by atoms with Crippen molar-refractivity contribution in [2.45, 2.75) is 103 Å². The van der Waals surface area contributed by atoms with E-state index in [1.54, 1.807) is 0 Å². The van der Waals surface area contributed by atoms with E-state index in [4.69, 9.17) is 14.6 Å². The monoisotopic (exact) mass is 1500 g/mol. The SMILES string of the molecule is CN(C)c1ccc2c(c1)CCCCc1c-2[nH]c(=O)c(C(=O)Oc2c3c([nH]c(=O)c2C(=O)O)-c2ccc(N(C)C)cc2CCC3)c1O.CN(C)c1ccc2c(c1)CCCCc1cc(C(=O)OC(=O)c3cc4c([nH]c3=O)-c3ccc(N(C)C)cc3CC4)c(=O)[nH]c1-2.CN(C)c1ccc2c(c1)CCCc1cc(C(=O)O)c(=O)[nH]c1-2. The Morgan fingerprint density at radius 1 is 0.315 bits per heavy atom. The van der Waals surface area contributed by atoms with Crippen LogP contribution in [-0.4, -0.2) is 141 Å². The van der Waals surface area contributed by atoms with Gasteiger partial charge >= 0.3 is 29.8 Å². The molecule has 0 saturated heterocycles. The lowest BCUT2D eigenvalue weighted by molar-refractivity contribution is 0.0393. The predicted molar refractivity (Wildman–Crippen MR) is 429 cm³/mol. The van der Waals surface area contributed by atoms with Crippen LogP contribution in [0.4, 0.5) is 28.4 Å². The van der Waals surface area contributed by atoms with Crippen molar-refractivity contribution in [2.24, 2.45) is 0 Å². The summed E-state index contributed by atoms with van der Waals surface area (Å²) in [5.74, 6) is -7.11. The normalized spacial score (nSPS) is 13.4. The van der Waals surface area contributed by atoms with Crippen molar-refractivity contribution in [3.8, 4) is 67.8 Å². The van der Waals surface area contributed by atoms with Gasteiger partial charge in [0.25, 0.3) is 27.8 Å². The van der Waals surface area contributed by atoms with Crippen LogP contribution in [0.1, 0.15) is 146 Å². The molecular weight excluding hydrogens is 1410 g/mol. The molecule has 0 spiro atoms. The molecule has 5 aromatic heterocycles. The number of hydrogen-bond donors (Lipinski definition) is 8. The number of ether oxygens (including phenoxy) is 2. The summed E-state index contributed by atoms with van der Waals surface area (Å²) in [7, 11) is 19.6. The summed E-state index contributed by atoms with van der Waals surface area (Å²) in [4.78, 5) is 152. The Labute approximate surface area is 638 Å². The molecule has 0 bridgehead atoms. The largest absolute Gasteiger partial charge is 0.506 e. The second-order valence-electron chi connectivity index (χ2n) is 29.8. The van der Waals surface area contributed by atoms with Crippen molar-refractivity contribution in [1.82, 2.24) is 24.9 Å². The third kappa shape index (κ3) is 15.4. The number of H-pyrrole nitrogens is 5. The molecule has 572 valence electrons. The maximum absolute atomic E-state index is 13.8. The number of hydrogen-bond acceptors (Lipinski definition) is 18. The highest BCUT2D eigenvalue weighted by Gasteiger charge is 2.34. The van der Waals surface area contributed by atoms with Gasteiger partial charge in [0.05, 0.1) is 28.5 Å². The van der Waals surface area contributed by atoms with Crippen LogP contribution in [0.15, 0.2) is 133 Å². The van der Waals surface area contributed by atoms with Gasteiger partial charge in [-0.2, -0.15) is 0 Å². The first-order valence-corrected chi connectivity index (χ1v) is 37.1. The number of aryl methyl sites for hydroxylation is 8. The third-order valence-electron chi connectivity index (χ3n) is 21.5. The Bertz CT molecular complexity index is 5800. The highest BCUT2D eigenvalue weighted by atomic mass is 16.6. The van der Waals surface area contributed by atoms with Gasteiger partial charge in [-0.25, -0.2) is 24.0 Å². The summed E-state index contributed by atoms with van der Waals surface area (Å²) in [6, 6.07) is 34.5. The second kappa shape index (κ2) is 31.4. The highest BCUT2D eigenvalue weighted by Crippen LogP contribution is 2.42. The average Bonchev–Trinajstić information content (AvgIpc) is 1.55. The zero-order valence-corrected chi connectivity index (χ0v) is 63.7. The van der Waals surface area contributed by atoms with Crippen LogP contribution in [-0.2, 0) is 68.9 Å². The summed E-state index contributed by atoms with van der Waals surface area (Å²) in [5, 5.41) is 30.6. The van der Waals surface area contributed by atoms with Gasteiger partial charge in [-0.15, -0.1) is 0 Å². The first kappa shape index (κ1) is 76.4. The van der Waals surface area contributed by atoms with Crippen molar-refractivity contribution < 1.29 is 48.8 Å². The van der Waals surface area contributed by atoms with Crippen LogP contribution in [0.5, 0.6) is 11.5 Å². The van der Waals surface area contributed by atoms with Gasteiger partial charge in [0.2, 0.25) is 0 Å². The molecule has 0 unspecified atom stereocenters. The number of aromatic carboxylic acids is 2. The Hall–Kier alpha value is -12.8. The van der Waals surface area contributed by atoms with Crippen LogP contribution < -0.4 is 57.0 Å². The standard InChI is InChI=1S/C35H36N4O7.C34H34N4O5.C17H18N2O3/c1-38(2)20-12-14-22-18(16-20)8-5-6-10-24-28(22)36-32(41)26(30(24)40)35(45)46-31-25-11-7-9-19-17-21(39(3)4)13-15-23(19)29(25)37-33(42)27(31)34(43)44;1-37(2)23-11-13-25-19(15-23)7-5-6-8-21-17-27(31(39)35-29(21)25)33(41)43-34(42)28-18-22-10-9-20-16-24(38(3)4)12-14-26(20)30(22)36-32(28)40;1-19(2)12-6-7-13-10(8-12)4-3-5-11-9-14(17(21)22)16(20)18-15(11)13/h12-17H,5-11H2,1-4H3,(H,37,42)(H,43,44)(H2,36,40,41);11-18H,5-10H2,1-4H3,(H,35,39)(H,36,40);6-9H,3-5H2,1-2H3,(H,18,20)(H,21,22). The molecule has 111 heavy (non-hydrogen) atoms. The lowest BCUT2D eigenvalue weighted by Crippen LogP contribution is -2.27. The van der Waals surface area contributed by atoms with E-state index in [9.17, 15) is 58.2 Å². The fourth-order valence-electron chi connectivity index (χ4n) is 15.5.